The van der Waals surface area contributed by atoms with Gasteiger partial charge in [0, 0.05) is 13.1 Å². The van der Waals surface area contributed by atoms with E-state index >= 15 is 0 Å². The number of rotatable bonds is 2. The summed E-state index contributed by atoms with van der Waals surface area (Å²) in [6.07, 6.45) is 0. The van der Waals surface area contributed by atoms with Gasteiger partial charge in [-0.1, -0.05) is 38.1 Å². The van der Waals surface area contributed by atoms with E-state index in [1.807, 2.05) is 38.1 Å². The number of carboxylic acids is 1. The minimum Gasteiger partial charge on any atom is -0.481 e. The number of carbonyl (C=O) groups is 2. The summed E-state index contributed by atoms with van der Waals surface area (Å²) in [4.78, 5) is 25.4. The van der Waals surface area contributed by atoms with E-state index in [9.17, 15) is 9.59 Å². The number of hydrogen-bond acceptors (Lipinski definition) is 2. The number of nitrogens with zero attached hydrogens (tertiary/aromatic N) is 1. The first-order chi connectivity index (χ1) is 8.93. The number of benzene rings is 1. The SMILES string of the molecule is CC1(C)[C@H](C(=O)O)[C@@H]1C(=O)N1Cc2ccccc2C1. The Labute approximate surface area is 112 Å². The second kappa shape index (κ2) is 3.83. The first-order valence-electron chi connectivity index (χ1n) is 6.51. The molecule has 100 valence electrons. The highest BCUT2D eigenvalue weighted by Crippen LogP contribution is 2.59. The Hall–Kier alpha value is -1.84. The van der Waals surface area contributed by atoms with Crippen LogP contribution < -0.4 is 0 Å². The van der Waals surface area contributed by atoms with Crippen molar-refractivity contribution in [3.63, 3.8) is 0 Å². The summed E-state index contributed by atoms with van der Waals surface area (Å²) in [6, 6.07) is 7.98. The lowest BCUT2D eigenvalue weighted by Crippen LogP contribution is -2.28. The van der Waals surface area contributed by atoms with Gasteiger partial charge in [-0.2, -0.15) is 0 Å². The second-order valence-electron chi connectivity index (χ2n) is 6.08. The molecule has 1 aliphatic carbocycles. The number of carbonyl (C=O) groups excluding carboxylic acids is 1. The maximum Gasteiger partial charge on any atom is 0.307 e. The second-order valence-corrected chi connectivity index (χ2v) is 6.08. The van der Waals surface area contributed by atoms with Gasteiger partial charge in [0.1, 0.15) is 0 Å². The quantitative estimate of drug-likeness (QED) is 0.882. The summed E-state index contributed by atoms with van der Waals surface area (Å²) in [5.74, 6) is -1.79. The third-order valence-electron chi connectivity index (χ3n) is 4.51. The topological polar surface area (TPSA) is 57.6 Å². The van der Waals surface area contributed by atoms with Crippen molar-refractivity contribution in [2.75, 3.05) is 0 Å². The third-order valence-corrected chi connectivity index (χ3v) is 4.51. The van der Waals surface area contributed by atoms with Gasteiger partial charge in [-0.3, -0.25) is 9.59 Å². The molecule has 0 radical (unpaired) electrons. The zero-order valence-electron chi connectivity index (χ0n) is 11.1. The normalized spacial score (nSPS) is 26.9. The molecule has 1 saturated carbocycles. The van der Waals surface area contributed by atoms with E-state index in [0.29, 0.717) is 13.1 Å². The number of carboxylic acid groups (broad SMARTS) is 1. The van der Waals surface area contributed by atoms with Gasteiger partial charge in [-0.15, -0.1) is 0 Å². The minimum absolute atomic E-state index is 0.0198. The largest absolute Gasteiger partial charge is 0.481 e. The molecule has 0 spiro atoms. The van der Waals surface area contributed by atoms with Crippen molar-refractivity contribution in [1.29, 1.82) is 0 Å². The summed E-state index contributed by atoms with van der Waals surface area (Å²) >= 11 is 0. The van der Waals surface area contributed by atoms with E-state index in [2.05, 4.69) is 0 Å². The average Bonchev–Trinajstić information content (AvgIpc) is 2.73. The van der Waals surface area contributed by atoms with Gasteiger partial charge in [0.15, 0.2) is 0 Å². The molecule has 1 aromatic rings. The van der Waals surface area contributed by atoms with Gasteiger partial charge in [0.25, 0.3) is 0 Å². The maximum atomic E-state index is 12.5. The van der Waals surface area contributed by atoms with Gasteiger partial charge in [0.2, 0.25) is 5.91 Å². The van der Waals surface area contributed by atoms with E-state index < -0.39 is 17.3 Å². The van der Waals surface area contributed by atoms with Crippen molar-refractivity contribution in [2.45, 2.75) is 26.9 Å². The van der Waals surface area contributed by atoms with Crippen LogP contribution in [0.15, 0.2) is 24.3 Å². The van der Waals surface area contributed by atoms with Gasteiger partial charge >= 0.3 is 5.97 Å². The smallest absolute Gasteiger partial charge is 0.307 e. The molecule has 4 heteroatoms. The van der Waals surface area contributed by atoms with Crippen LogP contribution in [0.3, 0.4) is 0 Å². The molecule has 1 fully saturated rings. The van der Waals surface area contributed by atoms with Crippen LogP contribution >= 0.6 is 0 Å². The molecule has 2 atom stereocenters. The molecule has 1 N–H and O–H groups in total. The Morgan fingerprint density at radius 2 is 1.68 bits per heavy atom. The highest BCUT2D eigenvalue weighted by Gasteiger charge is 2.66. The third kappa shape index (κ3) is 1.74. The molecule has 19 heavy (non-hydrogen) atoms. The fourth-order valence-electron chi connectivity index (χ4n) is 3.25. The van der Waals surface area contributed by atoms with E-state index in [4.69, 9.17) is 5.11 Å². The summed E-state index contributed by atoms with van der Waals surface area (Å²) in [5.41, 5.74) is 1.92. The molecule has 0 bridgehead atoms. The van der Waals surface area contributed by atoms with Crippen LogP contribution in [-0.4, -0.2) is 21.9 Å². The van der Waals surface area contributed by atoms with Crippen molar-refractivity contribution >= 4 is 11.9 Å². The van der Waals surface area contributed by atoms with Crippen molar-refractivity contribution in [3.05, 3.63) is 35.4 Å². The van der Waals surface area contributed by atoms with Gasteiger partial charge in [-0.05, 0) is 16.5 Å². The zero-order valence-corrected chi connectivity index (χ0v) is 11.1. The molecule has 1 aliphatic heterocycles. The van der Waals surface area contributed by atoms with E-state index in [-0.39, 0.29) is 11.8 Å². The molecular weight excluding hydrogens is 242 g/mol. The predicted octanol–water partition coefficient (Wildman–Crippen LogP) is 1.89. The summed E-state index contributed by atoms with van der Waals surface area (Å²) < 4.78 is 0. The van der Waals surface area contributed by atoms with Crippen molar-refractivity contribution < 1.29 is 14.7 Å². The molecule has 0 aromatic heterocycles. The lowest BCUT2D eigenvalue weighted by Gasteiger charge is -2.16. The van der Waals surface area contributed by atoms with E-state index in [1.54, 1.807) is 4.90 Å². The number of hydrogen-bond donors (Lipinski definition) is 1. The molecule has 4 nitrogen and oxygen atoms in total. The fraction of sp³-hybridized carbons (Fsp3) is 0.467. The van der Waals surface area contributed by atoms with Crippen molar-refractivity contribution in [2.24, 2.45) is 17.3 Å². The van der Waals surface area contributed by atoms with Crippen molar-refractivity contribution in [1.82, 2.24) is 4.90 Å². The van der Waals surface area contributed by atoms with Crippen LogP contribution in [0, 0.1) is 17.3 Å². The molecule has 3 rings (SSSR count). The van der Waals surface area contributed by atoms with E-state index in [0.717, 1.165) is 0 Å². The van der Waals surface area contributed by atoms with Gasteiger partial charge in [0.05, 0.1) is 11.8 Å². The molecule has 2 aliphatic rings. The Morgan fingerprint density at radius 1 is 1.16 bits per heavy atom. The molecule has 1 heterocycles. The van der Waals surface area contributed by atoms with Crippen LogP contribution in [0.4, 0.5) is 0 Å². The van der Waals surface area contributed by atoms with Gasteiger partial charge in [-0.25, -0.2) is 0 Å². The highest BCUT2D eigenvalue weighted by molar-refractivity contribution is 5.91. The lowest BCUT2D eigenvalue weighted by molar-refractivity contribution is -0.142. The number of fused-ring (bicyclic) bond motifs is 1. The number of amides is 1. The molecule has 0 unspecified atom stereocenters. The Balaban J connectivity index is 1.77. The Morgan fingerprint density at radius 3 is 2.11 bits per heavy atom. The van der Waals surface area contributed by atoms with Crippen molar-refractivity contribution in [3.8, 4) is 0 Å². The van der Waals surface area contributed by atoms with E-state index in [1.165, 1.54) is 11.1 Å². The maximum absolute atomic E-state index is 12.5. The van der Waals surface area contributed by atoms with Crippen LogP contribution in [0.2, 0.25) is 0 Å². The summed E-state index contributed by atoms with van der Waals surface area (Å²) in [5, 5.41) is 9.15. The molecule has 0 saturated heterocycles. The molecule has 1 amide bonds. The van der Waals surface area contributed by atoms with Gasteiger partial charge < -0.3 is 10.0 Å². The molecule has 1 aromatic carbocycles. The molecular formula is C15H17NO3. The average molecular weight is 259 g/mol. The first kappa shape index (κ1) is 12.2. The van der Waals surface area contributed by atoms with Crippen LogP contribution in [-0.2, 0) is 22.7 Å². The predicted molar refractivity (Wildman–Crippen MR) is 69.1 cm³/mol. The lowest BCUT2D eigenvalue weighted by atomic mass is 10.1. The van der Waals surface area contributed by atoms with Crippen LogP contribution in [0.5, 0.6) is 0 Å². The Bertz CT molecular complexity index is 539. The first-order valence-corrected chi connectivity index (χ1v) is 6.51. The van der Waals surface area contributed by atoms with Crippen LogP contribution in [0.25, 0.3) is 0 Å². The van der Waals surface area contributed by atoms with Crippen LogP contribution in [0.1, 0.15) is 25.0 Å². The zero-order chi connectivity index (χ0) is 13.8. The summed E-state index contributed by atoms with van der Waals surface area (Å²) in [7, 11) is 0. The minimum atomic E-state index is -0.861. The Kier molecular flexibility index (Phi) is 2.46. The summed E-state index contributed by atoms with van der Waals surface area (Å²) in [6.45, 7) is 4.93. The fourth-order valence-corrected chi connectivity index (χ4v) is 3.25. The standard InChI is InChI=1S/C15H17NO3/c1-15(2)11(12(15)14(18)19)13(17)16-7-9-5-3-4-6-10(9)8-16/h3-6,11-12H,7-8H2,1-2H3,(H,18,19)/t11-,12+/m1/s1. The highest BCUT2D eigenvalue weighted by atomic mass is 16.4. The monoisotopic (exact) mass is 259 g/mol. The number of aliphatic carboxylic acids is 1.